The van der Waals surface area contributed by atoms with Crippen molar-refractivity contribution >= 4 is 31.9 Å². The molecular formula is C11H15Br2NO3. The summed E-state index contributed by atoms with van der Waals surface area (Å²) in [6.45, 7) is 1.85. The van der Waals surface area contributed by atoms with Crippen LogP contribution in [0, 0.1) is 0 Å². The second-order valence-electron chi connectivity index (χ2n) is 3.65. The average molecular weight is 369 g/mol. The number of rotatable bonds is 4. The Morgan fingerprint density at radius 3 is 2.47 bits per heavy atom. The standard InChI is InChI=1S/C11H15Br2NO3/c1-3-6(15)10(14)5-4-7(17-2)11(16)9(13)8(5)12/h4,6,10,15-16H,3,14H2,1-2H3/t6-,10+/m0/s1. The lowest BCUT2D eigenvalue weighted by molar-refractivity contribution is 0.140. The highest BCUT2D eigenvalue weighted by atomic mass is 79.9. The van der Waals surface area contributed by atoms with Crippen LogP contribution in [0.5, 0.6) is 11.5 Å². The molecule has 1 rings (SSSR count). The van der Waals surface area contributed by atoms with E-state index >= 15 is 0 Å². The first-order chi connectivity index (χ1) is 7.93. The van der Waals surface area contributed by atoms with Gasteiger partial charge in [0.2, 0.25) is 0 Å². The summed E-state index contributed by atoms with van der Waals surface area (Å²) in [5.74, 6) is 0.315. The minimum absolute atomic E-state index is 0.00122. The Morgan fingerprint density at radius 1 is 1.41 bits per heavy atom. The number of halogens is 2. The Balaban J connectivity index is 3.29. The topological polar surface area (TPSA) is 75.7 Å². The fraction of sp³-hybridized carbons (Fsp3) is 0.455. The molecule has 4 nitrogen and oxygen atoms in total. The van der Waals surface area contributed by atoms with Gasteiger partial charge in [0.25, 0.3) is 0 Å². The van der Waals surface area contributed by atoms with Gasteiger partial charge in [-0.3, -0.25) is 0 Å². The van der Waals surface area contributed by atoms with Crippen molar-refractivity contribution < 1.29 is 14.9 Å². The third kappa shape index (κ3) is 2.93. The molecule has 17 heavy (non-hydrogen) atoms. The summed E-state index contributed by atoms with van der Waals surface area (Å²) in [4.78, 5) is 0. The van der Waals surface area contributed by atoms with Crippen LogP contribution in [0.3, 0.4) is 0 Å². The highest BCUT2D eigenvalue weighted by molar-refractivity contribution is 9.13. The Kier molecular flexibility index (Phi) is 5.24. The van der Waals surface area contributed by atoms with Crippen molar-refractivity contribution in [3.63, 3.8) is 0 Å². The van der Waals surface area contributed by atoms with Crippen molar-refractivity contribution in [2.24, 2.45) is 5.73 Å². The van der Waals surface area contributed by atoms with E-state index in [-0.39, 0.29) is 5.75 Å². The minimum Gasteiger partial charge on any atom is -0.503 e. The van der Waals surface area contributed by atoms with Crippen LogP contribution in [0.15, 0.2) is 15.0 Å². The van der Waals surface area contributed by atoms with E-state index in [4.69, 9.17) is 10.5 Å². The third-order valence-electron chi connectivity index (χ3n) is 2.59. The number of aliphatic hydroxyl groups excluding tert-OH is 1. The molecular weight excluding hydrogens is 354 g/mol. The van der Waals surface area contributed by atoms with Crippen LogP contribution >= 0.6 is 31.9 Å². The first kappa shape index (κ1) is 14.8. The molecule has 96 valence electrons. The van der Waals surface area contributed by atoms with Gasteiger partial charge in [0.1, 0.15) is 0 Å². The largest absolute Gasteiger partial charge is 0.503 e. The van der Waals surface area contributed by atoms with Crippen LogP contribution in [0.25, 0.3) is 0 Å². The Morgan fingerprint density at radius 2 is 2.00 bits per heavy atom. The zero-order chi connectivity index (χ0) is 13.2. The molecule has 0 aliphatic rings. The zero-order valence-corrected chi connectivity index (χ0v) is 12.7. The Labute approximate surface area is 117 Å². The molecule has 0 amide bonds. The van der Waals surface area contributed by atoms with Gasteiger partial charge >= 0.3 is 0 Å². The lowest BCUT2D eigenvalue weighted by Crippen LogP contribution is -2.25. The van der Waals surface area contributed by atoms with Gasteiger partial charge in [0.15, 0.2) is 11.5 Å². The zero-order valence-electron chi connectivity index (χ0n) is 9.58. The molecule has 0 spiro atoms. The van der Waals surface area contributed by atoms with Crippen molar-refractivity contribution in [2.75, 3.05) is 7.11 Å². The third-order valence-corrected chi connectivity index (χ3v) is 4.74. The molecule has 0 aliphatic heterocycles. The van der Waals surface area contributed by atoms with E-state index in [9.17, 15) is 10.2 Å². The van der Waals surface area contributed by atoms with Crippen molar-refractivity contribution in [3.05, 3.63) is 20.6 Å². The summed E-state index contributed by atoms with van der Waals surface area (Å²) in [5.41, 5.74) is 6.64. The van der Waals surface area contributed by atoms with Gasteiger partial charge in [0.05, 0.1) is 23.7 Å². The molecule has 1 aromatic rings. The van der Waals surface area contributed by atoms with Crippen LogP contribution in [0.4, 0.5) is 0 Å². The Bertz CT molecular complexity index is 412. The molecule has 0 aliphatic carbocycles. The summed E-state index contributed by atoms with van der Waals surface area (Å²) in [6.07, 6.45) is -0.0959. The molecule has 4 N–H and O–H groups in total. The maximum atomic E-state index is 9.78. The average Bonchev–Trinajstić information content (AvgIpc) is 2.34. The van der Waals surface area contributed by atoms with Crippen LogP contribution < -0.4 is 10.5 Å². The molecule has 0 saturated carbocycles. The predicted molar refractivity (Wildman–Crippen MR) is 73.3 cm³/mol. The van der Waals surface area contributed by atoms with Gasteiger partial charge in [-0.15, -0.1) is 0 Å². The monoisotopic (exact) mass is 367 g/mol. The van der Waals surface area contributed by atoms with E-state index < -0.39 is 12.1 Å². The van der Waals surface area contributed by atoms with Crippen molar-refractivity contribution in [1.29, 1.82) is 0 Å². The lowest BCUT2D eigenvalue weighted by atomic mass is 10.0. The van der Waals surface area contributed by atoms with Crippen LogP contribution in [-0.2, 0) is 0 Å². The highest BCUT2D eigenvalue weighted by Gasteiger charge is 2.22. The summed E-state index contributed by atoms with van der Waals surface area (Å²) >= 11 is 6.59. The first-order valence-electron chi connectivity index (χ1n) is 5.12. The molecule has 0 fully saturated rings. The van der Waals surface area contributed by atoms with E-state index in [1.165, 1.54) is 7.11 Å². The fourth-order valence-electron chi connectivity index (χ4n) is 1.47. The molecule has 1 aromatic carbocycles. The molecule has 0 heterocycles. The van der Waals surface area contributed by atoms with Gasteiger partial charge < -0.3 is 20.7 Å². The second kappa shape index (κ2) is 6.04. The summed E-state index contributed by atoms with van der Waals surface area (Å²) < 4.78 is 6.13. The lowest BCUT2D eigenvalue weighted by Gasteiger charge is -2.21. The van der Waals surface area contributed by atoms with Gasteiger partial charge in [-0.05, 0) is 49.9 Å². The molecule has 6 heteroatoms. The first-order valence-corrected chi connectivity index (χ1v) is 6.71. The van der Waals surface area contributed by atoms with Crippen LogP contribution in [-0.4, -0.2) is 23.4 Å². The molecule has 2 atom stereocenters. The van der Waals surface area contributed by atoms with Crippen molar-refractivity contribution in [2.45, 2.75) is 25.5 Å². The maximum Gasteiger partial charge on any atom is 0.173 e. The summed E-state index contributed by atoms with van der Waals surface area (Å²) in [7, 11) is 1.46. The number of nitrogens with two attached hydrogens (primary N) is 1. The quantitative estimate of drug-likeness (QED) is 0.763. The number of aliphatic hydroxyl groups is 1. The van der Waals surface area contributed by atoms with Crippen LogP contribution in [0.2, 0.25) is 0 Å². The molecule has 0 saturated heterocycles. The van der Waals surface area contributed by atoms with Gasteiger partial charge in [-0.25, -0.2) is 0 Å². The van der Waals surface area contributed by atoms with Gasteiger partial charge in [0, 0.05) is 4.47 Å². The number of ether oxygens (including phenoxy) is 1. The van der Waals surface area contributed by atoms with Crippen molar-refractivity contribution in [1.82, 2.24) is 0 Å². The van der Waals surface area contributed by atoms with E-state index in [1.54, 1.807) is 6.07 Å². The number of hydrogen-bond acceptors (Lipinski definition) is 4. The number of aromatic hydroxyl groups is 1. The number of benzene rings is 1. The number of phenols is 1. The van der Waals surface area contributed by atoms with E-state index in [2.05, 4.69) is 31.9 Å². The summed E-state index contributed by atoms with van der Waals surface area (Å²) in [6, 6.07) is 1.08. The van der Waals surface area contributed by atoms with E-state index in [0.717, 1.165) is 0 Å². The van der Waals surface area contributed by atoms with E-state index in [1.807, 2.05) is 6.92 Å². The second-order valence-corrected chi connectivity index (χ2v) is 5.23. The number of phenolic OH excluding ortho intramolecular Hbond substituents is 1. The minimum atomic E-state index is -0.646. The number of hydrogen-bond donors (Lipinski definition) is 3. The maximum absolute atomic E-state index is 9.78. The van der Waals surface area contributed by atoms with Crippen molar-refractivity contribution in [3.8, 4) is 11.5 Å². The summed E-state index contributed by atoms with van der Waals surface area (Å²) in [5, 5.41) is 19.5. The predicted octanol–water partition coefficient (Wildman–Crippen LogP) is 2.70. The molecule has 0 aromatic heterocycles. The Hall–Kier alpha value is -0.300. The van der Waals surface area contributed by atoms with Crippen LogP contribution in [0.1, 0.15) is 24.9 Å². The van der Waals surface area contributed by atoms with E-state index in [0.29, 0.717) is 26.7 Å². The molecule has 0 unspecified atom stereocenters. The highest BCUT2D eigenvalue weighted by Crippen LogP contribution is 2.43. The molecule has 0 radical (unpaired) electrons. The number of methoxy groups -OCH3 is 1. The SMILES string of the molecule is CC[C@H](O)[C@H](N)c1cc(OC)c(O)c(Br)c1Br. The molecule has 0 bridgehead atoms. The smallest absolute Gasteiger partial charge is 0.173 e. The van der Waals surface area contributed by atoms with Gasteiger partial charge in [-0.2, -0.15) is 0 Å². The fourth-order valence-corrected chi connectivity index (χ4v) is 2.46. The normalized spacial score (nSPS) is 14.5. The van der Waals surface area contributed by atoms with Gasteiger partial charge in [-0.1, -0.05) is 6.92 Å².